The average molecular weight is 276 g/mol. The van der Waals surface area contributed by atoms with Crippen molar-refractivity contribution in [1.29, 1.82) is 0 Å². The van der Waals surface area contributed by atoms with Crippen molar-refractivity contribution in [3.8, 4) is 5.75 Å². The zero-order valence-electron chi connectivity index (χ0n) is 13.0. The van der Waals surface area contributed by atoms with Gasteiger partial charge in [-0.15, -0.1) is 0 Å². The minimum absolute atomic E-state index is 0.562. The van der Waals surface area contributed by atoms with Crippen molar-refractivity contribution in [3.63, 3.8) is 0 Å². The van der Waals surface area contributed by atoms with E-state index in [1.807, 2.05) is 12.1 Å². The van der Waals surface area contributed by atoms with E-state index in [4.69, 9.17) is 4.74 Å². The Morgan fingerprint density at radius 1 is 1.25 bits per heavy atom. The van der Waals surface area contributed by atoms with Crippen LogP contribution in [0.2, 0.25) is 0 Å². The van der Waals surface area contributed by atoms with Crippen LogP contribution in [0.5, 0.6) is 5.75 Å². The normalized spacial score (nSPS) is 22.8. The molecule has 2 N–H and O–H groups in total. The van der Waals surface area contributed by atoms with Crippen molar-refractivity contribution in [2.45, 2.75) is 52.1 Å². The highest BCUT2D eigenvalue weighted by atomic mass is 16.5. The summed E-state index contributed by atoms with van der Waals surface area (Å²) >= 11 is 0. The van der Waals surface area contributed by atoms with Gasteiger partial charge in [-0.05, 0) is 49.9 Å². The maximum absolute atomic E-state index is 5.69. The minimum Gasteiger partial charge on any atom is -0.493 e. The van der Waals surface area contributed by atoms with Crippen LogP contribution in [-0.4, -0.2) is 25.2 Å². The summed E-state index contributed by atoms with van der Waals surface area (Å²) in [6, 6.07) is 9.53. The molecule has 3 nitrogen and oxygen atoms in total. The van der Waals surface area contributed by atoms with Crippen LogP contribution in [0.3, 0.4) is 0 Å². The Bertz CT molecular complexity index is 388. The summed E-state index contributed by atoms with van der Waals surface area (Å²) in [5, 5.41) is 7.15. The highest BCUT2D eigenvalue weighted by molar-refractivity contribution is 5.46. The van der Waals surface area contributed by atoms with Gasteiger partial charge in [0, 0.05) is 24.3 Å². The van der Waals surface area contributed by atoms with Crippen LogP contribution in [0, 0.1) is 5.92 Å². The fourth-order valence-electron chi connectivity index (χ4n) is 2.57. The minimum atomic E-state index is 0.562. The molecule has 112 valence electrons. The Labute approximate surface area is 123 Å². The SMILES string of the molecule is CC(C)COc1ccc(NCC2CCCC(C)N2)cc1. The molecule has 1 heterocycles. The molecule has 0 saturated carbocycles. The highest BCUT2D eigenvalue weighted by Crippen LogP contribution is 2.17. The zero-order chi connectivity index (χ0) is 14.4. The number of anilines is 1. The first-order valence-corrected chi connectivity index (χ1v) is 7.86. The summed E-state index contributed by atoms with van der Waals surface area (Å²) < 4.78 is 5.69. The van der Waals surface area contributed by atoms with E-state index < -0.39 is 0 Å². The Hall–Kier alpha value is -1.22. The Morgan fingerprint density at radius 2 is 2.00 bits per heavy atom. The van der Waals surface area contributed by atoms with Crippen LogP contribution in [-0.2, 0) is 0 Å². The summed E-state index contributed by atoms with van der Waals surface area (Å²) in [6.07, 6.45) is 3.91. The third kappa shape index (κ3) is 5.04. The number of nitrogens with one attached hydrogen (secondary N) is 2. The Morgan fingerprint density at radius 3 is 2.65 bits per heavy atom. The second kappa shape index (κ2) is 7.53. The first-order valence-electron chi connectivity index (χ1n) is 7.86. The molecule has 20 heavy (non-hydrogen) atoms. The van der Waals surface area contributed by atoms with Gasteiger partial charge in [0.15, 0.2) is 0 Å². The summed E-state index contributed by atoms with van der Waals surface area (Å²) in [5.74, 6) is 1.51. The monoisotopic (exact) mass is 276 g/mol. The second-order valence-electron chi connectivity index (χ2n) is 6.31. The summed E-state index contributed by atoms with van der Waals surface area (Å²) in [7, 11) is 0. The summed E-state index contributed by atoms with van der Waals surface area (Å²) in [5.41, 5.74) is 1.17. The van der Waals surface area contributed by atoms with Crippen LogP contribution >= 0.6 is 0 Å². The fraction of sp³-hybridized carbons (Fsp3) is 0.647. The summed E-state index contributed by atoms with van der Waals surface area (Å²) in [6.45, 7) is 8.36. The third-order valence-corrected chi connectivity index (χ3v) is 3.70. The molecule has 3 heteroatoms. The molecule has 0 aromatic heterocycles. The van der Waals surface area contributed by atoms with Crippen LogP contribution in [0.4, 0.5) is 5.69 Å². The number of hydrogen-bond acceptors (Lipinski definition) is 3. The maximum Gasteiger partial charge on any atom is 0.119 e. The molecule has 1 aliphatic heterocycles. The van der Waals surface area contributed by atoms with Crippen molar-refractivity contribution in [2.24, 2.45) is 5.92 Å². The van der Waals surface area contributed by atoms with Gasteiger partial charge in [0.05, 0.1) is 6.61 Å². The van der Waals surface area contributed by atoms with Gasteiger partial charge in [-0.2, -0.15) is 0 Å². The molecule has 1 aromatic rings. The van der Waals surface area contributed by atoms with Crippen molar-refractivity contribution in [1.82, 2.24) is 5.32 Å². The van der Waals surface area contributed by atoms with Gasteiger partial charge in [0.1, 0.15) is 5.75 Å². The van der Waals surface area contributed by atoms with Crippen LogP contribution in [0.1, 0.15) is 40.0 Å². The van der Waals surface area contributed by atoms with Gasteiger partial charge in [-0.25, -0.2) is 0 Å². The molecule has 1 saturated heterocycles. The molecule has 0 aliphatic carbocycles. The number of hydrogen-bond donors (Lipinski definition) is 2. The summed E-state index contributed by atoms with van der Waals surface area (Å²) in [4.78, 5) is 0. The van der Waals surface area contributed by atoms with Crippen molar-refractivity contribution >= 4 is 5.69 Å². The number of rotatable bonds is 6. The maximum atomic E-state index is 5.69. The standard InChI is InChI=1S/C17H28N2O/c1-13(2)12-20-17-9-7-15(8-10-17)18-11-16-6-4-5-14(3)19-16/h7-10,13-14,16,18-19H,4-6,11-12H2,1-3H3. The Kier molecular flexibility index (Phi) is 5.72. The fourth-order valence-corrected chi connectivity index (χ4v) is 2.57. The first kappa shape index (κ1) is 15.2. The van der Waals surface area contributed by atoms with Gasteiger partial charge in [0.25, 0.3) is 0 Å². The van der Waals surface area contributed by atoms with E-state index in [2.05, 4.69) is 43.5 Å². The molecular formula is C17H28N2O. The first-order chi connectivity index (χ1) is 9.63. The zero-order valence-corrected chi connectivity index (χ0v) is 13.0. The van der Waals surface area contributed by atoms with Crippen LogP contribution < -0.4 is 15.4 Å². The van der Waals surface area contributed by atoms with Gasteiger partial charge in [0.2, 0.25) is 0 Å². The lowest BCUT2D eigenvalue weighted by molar-refractivity contribution is 0.271. The van der Waals surface area contributed by atoms with Gasteiger partial charge in [-0.1, -0.05) is 20.3 Å². The highest BCUT2D eigenvalue weighted by Gasteiger charge is 2.16. The molecule has 1 aliphatic rings. The lowest BCUT2D eigenvalue weighted by Gasteiger charge is -2.29. The van der Waals surface area contributed by atoms with E-state index in [9.17, 15) is 0 Å². The van der Waals surface area contributed by atoms with Crippen molar-refractivity contribution in [3.05, 3.63) is 24.3 Å². The van der Waals surface area contributed by atoms with E-state index in [1.165, 1.54) is 24.9 Å². The largest absolute Gasteiger partial charge is 0.493 e. The van der Waals surface area contributed by atoms with E-state index in [0.717, 1.165) is 18.9 Å². The van der Waals surface area contributed by atoms with E-state index in [-0.39, 0.29) is 0 Å². The molecule has 2 rings (SSSR count). The lowest BCUT2D eigenvalue weighted by atomic mass is 9.99. The predicted octanol–water partition coefficient (Wildman–Crippen LogP) is 3.66. The number of piperidine rings is 1. The topological polar surface area (TPSA) is 33.3 Å². The number of benzene rings is 1. The molecule has 0 spiro atoms. The lowest BCUT2D eigenvalue weighted by Crippen LogP contribution is -2.44. The third-order valence-electron chi connectivity index (χ3n) is 3.70. The molecule has 0 radical (unpaired) electrons. The quantitative estimate of drug-likeness (QED) is 0.832. The van der Waals surface area contributed by atoms with E-state index in [1.54, 1.807) is 0 Å². The molecule has 1 fully saturated rings. The Balaban J connectivity index is 1.75. The van der Waals surface area contributed by atoms with Crippen LogP contribution in [0.15, 0.2) is 24.3 Å². The smallest absolute Gasteiger partial charge is 0.119 e. The second-order valence-corrected chi connectivity index (χ2v) is 6.31. The van der Waals surface area contributed by atoms with Gasteiger partial charge in [-0.3, -0.25) is 0 Å². The van der Waals surface area contributed by atoms with Gasteiger partial charge < -0.3 is 15.4 Å². The van der Waals surface area contributed by atoms with Crippen molar-refractivity contribution in [2.75, 3.05) is 18.5 Å². The van der Waals surface area contributed by atoms with Crippen molar-refractivity contribution < 1.29 is 4.74 Å². The number of ether oxygens (including phenoxy) is 1. The average Bonchev–Trinajstić information content (AvgIpc) is 2.44. The molecule has 0 amide bonds. The predicted molar refractivity (Wildman–Crippen MR) is 85.5 cm³/mol. The van der Waals surface area contributed by atoms with E-state index >= 15 is 0 Å². The molecule has 1 aromatic carbocycles. The van der Waals surface area contributed by atoms with E-state index in [0.29, 0.717) is 18.0 Å². The molecule has 2 atom stereocenters. The van der Waals surface area contributed by atoms with Crippen LogP contribution in [0.25, 0.3) is 0 Å². The molecule has 0 bridgehead atoms. The van der Waals surface area contributed by atoms with Gasteiger partial charge >= 0.3 is 0 Å². The molecular weight excluding hydrogens is 248 g/mol. The molecule has 2 unspecified atom stereocenters.